The van der Waals surface area contributed by atoms with E-state index in [1.807, 2.05) is 6.07 Å². The van der Waals surface area contributed by atoms with E-state index in [-0.39, 0.29) is 16.7 Å². The highest BCUT2D eigenvalue weighted by Crippen LogP contribution is 2.22. The Bertz CT molecular complexity index is 1130. The average Bonchev–Trinajstić information content (AvgIpc) is 3.15. The molecule has 0 aliphatic carbocycles. The highest BCUT2D eigenvalue weighted by Gasteiger charge is 2.10. The van der Waals surface area contributed by atoms with Crippen LogP contribution in [0, 0.1) is 11.6 Å². The Morgan fingerprint density at radius 2 is 1.90 bits per heavy atom. The van der Waals surface area contributed by atoms with Crippen LogP contribution in [0.5, 0.6) is 0 Å². The van der Waals surface area contributed by atoms with E-state index in [9.17, 15) is 13.6 Å². The fourth-order valence-corrected chi connectivity index (χ4v) is 3.49. The Kier molecular flexibility index (Phi) is 7.09. The molecular weight excluding hydrogens is 450 g/mol. The summed E-state index contributed by atoms with van der Waals surface area (Å²) in [7, 11) is 0. The smallest absolute Gasteiger partial charge is 0.265 e. The van der Waals surface area contributed by atoms with E-state index >= 15 is 0 Å². The summed E-state index contributed by atoms with van der Waals surface area (Å²) in [6.45, 7) is 1.74. The lowest BCUT2D eigenvalue weighted by Crippen LogP contribution is -2.25. The molecule has 0 aliphatic rings. The van der Waals surface area contributed by atoms with Crippen molar-refractivity contribution in [2.24, 2.45) is 5.10 Å². The van der Waals surface area contributed by atoms with E-state index < -0.39 is 11.6 Å². The quantitative estimate of drug-likeness (QED) is 0.259. The van der Waals surface area contributed by atoms with Crippen LogP contribution in [0.25, 0.3) is 0 Å². The minimum atomic E-state index is -0.768. The van der Waals surface area contributed by atoms with Crippen LogP contribution < -0.4 is 16.1 Å². The van der Waals surface area contributed by atoms with Crippen molar-refractivity contribution in [3.63, 3.8) is 0 Å². The molecule has 5 nitrogen and oxygen atoms in total. The lowest BCUT2D eigenvalue weighted by atomic mass is 10.1. The maximum atomic E-state index is 13.7. The van der Waals surface area contributed by atoms with Crippen molar-refractivity contribution in [2.45, 2.75) is 6.92 Å². The number of thiophene rings is 1. The normalized spacial score (nSPS) is 11.1. The van der Waals surface area contributed by atoms with Gasteiger partial charge in [0.25, 0.3) is 5.91 Å². The number of halogens is 3. The molecule has 3 rings (SSSR count). The van der Waals surface area contributed by atoms with Gasteiger partial charge in [-0.3, -0.25) is 10.2 Å². The second-order valence-corrected chi connectivity index (χ2v) is 8.15. The minimum absolute atomic E-state index is 0.0279. The van der Waals surface area contributed by atoms with Crippen molar-refractivity contribution in [1.29, 1.82) is 0 Å². The maximum absolute atomic E-state index is 13.7. The van der Waals surface area contributed by atoms with Crippen molar-refractivity contribution in [2.75, 3.05) is 10.6 Å². The number of thiocarbonyl (C=S) groups is 1. The summed E-state index contributed by atoms with van der Waals surface area (Å²) in [6.07, 6.45) is 0. The van der Waals surface area contributed by atoms with Gasteiger partial charge in [0, 0.05) is 11.8 Å². The van der Waals surface area contributed by atoms with Crippen molar-refractivity contribution in [3.8, 4) is 0 Å². The maximum Gasteiger partial charge on any atom is 0.265 e. The molecule has 0 saturated carbocycles. The monoisotopic (exact) mass is 464 g/mol. The fourth-order valence-electron chi connectivity index (χ4n) is 2.39. The molecule has 0 saturated heterocycles. The zero-order valence-electron chi connectivity index (χ0n) is 15.5. The largest absolute Gasteiger partial charge is 0.329 e. The molecule has 0 atom stereocenters. The van der Waals surface area contributed by atoms with Gasteiger partial charge in [-0.15, -0.1) is 11.3 Å². The second-order valence-electron chi connectivity index (χ2n) is 6.03. The number of hydrogen-bond donors (Lipinski definition) is 3. The zero-order chi connectivity index (χ0) is 21.7. The third kappa shape index (κ3) is 5.82. The molecule has 0 spiro atoms. The van der Waals surface area contributed by atoms with Crippen molar-refractivity contribution in [1.82, 2.24) is 5.43 Å². The first-order chi connectivity index (χ1) is 14.3. The van der Waals surface area contributed by atoms with Crippen LogP contribution in [0.1, 0.15) is 22.2 Å². The molecule has 3 aromatic rings. The number of nitrogens with one attached hydrogen (secondary N) is 3. The topological polar surface area (TPSA) is 65.5 Å². The van der Waals surface area contributed by atoms with Gasteiger partial charge in [0.1, 0.15) is 11.6 Å². The van der Waals surface area contributed by atoms with Crippen LogP contribution in [-0.2, 0) is 0 Å². The summed E-state index contributed by atoms with van der Waals surface area (Å²) in [5, 5.41) is 9.61. The van der Waals surface area contributed by atoms with Crippen LogP contribution in [0.15, 0.2) is 59.7 Å². The van der Waals surface area contributed by atoms with Crippen LogP contribution in [0.4, 0.5) is 20.2 Å². The van der Waals surface area contributed by atoms with Gasteiger partial charge in [0.2, 0.25) is 0 Å². The summed E-state index contributed by atoms with van der Waals surface area (Å²) >= 11 is 12.1. The highest BCUT2D eigenvalue weighted by molar-refractivity contribution is 7.80. The molecule has 0 aliphatic heterocycles. The van der Waals surface area contributed by atoms with Crippen LogP contribution in [-0.4, -0.2) is 16.7 Å². The van der Waals surface area contributed by atoms with E-state index in [1.54, 1.807) is 37.3 Å². The molecule has 10 heteroatoms. The number of carbonyl (C=O) groups is 1. The Labute approximate surface area is 185 Å². The standard InChI is InChI=1S/C20H15ClF2N4OS2/c1-11(26-27-20(29)25-16-6-5-13(22)10-15(16)23)12-3-2-4-14(9-12)24-19(28)17-7-8-18(21)30-17/h2-10H,1H3,(H,24,28)(H2,25,27,29). The summed E-state index contributed by atoms with van der Waals surface area (Å²) < 4.78 is 27.2. The number of anilines is 2. The Morgan fingerprint density at radius 1 is 1.10 bits per heavy atom. The molecule has 0 unspecified atom stereocenters. The highest BCUT2D eigenvalue weighted by atomic mass is 35.5. The van der Waals surface area contributed by atoms with Gasteiger partial charge >= 0.3 is 0 Å². The van der Waals surface area contributed by atoms with E-state index in [0.29, 0.717) is 20.6 Å². The fraction of sp³-hybridized carbons (Fsp3) is 0.0500. The third-order valence-electron chi connectivity index (χ3n) is 3.84. The lowest BCUT2D eigenvalue weighted by Gasteiger charge is -2.10. The Hall–Kier alpha value is -2.88. The van der Waals surface area contributed by atoms with Gasteiger partial charge in [-0.25, -0.2) is 8.78 Å². The predicted molar refractivity (Wildman–Crippen MR) is 122 cm³/mol. The van der Waals surface area contributed by atoms with E-state index in [2.05, 4.69) is 21.2 Å². The predicted octanol–water partition coefficient (Wildman–Crippen LogP) is 5.64. The van der Waals surface area contributed by atoms with E-state index in [1.165, 1.54) is 17.4 Å². The lowest BCUT2D eigenvalue weighted by molar-refractivity contribution is 0.103. The zero-order valence-corrected chi connectivity index (χ0v) is 17.9. The van der Waals surface area contributed by atoms with Crippen LogP contribution in [0.3, 0.4) is 0 Å². The molecule has 0 radical (unpaired) electrons. The van der Waals surface area contributed by atoms with Crippen LogP contribution >= 0.6 is 35.2 Å². The number of nitrogens with zero attached hydrogens (tertiary/aromatic N) is 1. The number of hydrazone groups is 1. The molecule has 0 fully saturated rings. The molecule has 1 aromatic heterocycles. The summed E-state index contributed by atoms with van der Waals surface area (Å²) in [6, 6.07) is 13.5. The number of carbonyl (C=O) groups excluding carboxylic acids is 1. The molecular formula is C20H15ClF2N4OS2. The third-order valence-corrected chi connectivity index (χ3v) is 5.26. The molecule has 3 N–H and O–H groups in total. The van der Waals surface area contributed by atoms with E-state index in [0.717, 1.165) is 17.7 Å². The molecule has 1 amide bonds. The Morgan fingerprint density at radius 3 is 2.60 bits per heavy atom. The van der Waals surface area contributed by atoms with Gasteiger partial charge in [-0.1, -0.05) is 23.7 Å². The number of amides is 1. The number of rotatable bonds is 5. The van der Waals surface area contributed by atoms with Crippen LogP contribution in [0.2, 0.25) is 4.34 Å². The molecule has 1 heterocycles. The number of benzene rings is 2. The minimum Gasteiger partial charge on any atom is -0.329 e. The van der Waals surface area contributed by atoms with Gasteiger partial charge in [0.15, 0.2) is 5.11 Å². The summed E-state index contributed by atoms with van der Waals surface area (Å²) in [5.41, 5.74) is 4.54. The van der Waals surface area contributed by atoms with Gasteiger partial charge in [-0.05, 0) is 61.1 Å². The van der Waals surface area contributed by atoms with Crippen molar-refractivity contribution in [3.05, 3.63) is 81.0 Å². The van der Waals surface area contributed by atoms with Crippen molar-refractivity contribution < 1.29 is 13.6 Å². The molecule has 30 heavy (non-hydrogen) atoms. The molecule has 0 bridgehead atoms. The first kappa shape index (κ1) is 21.8. The Balaban J connectivity index is 1.63. The molecule has 154 valence electrons. The van der Waals surface area contributed by atoms with Gasteiger partial charge < -0.3 is 10.6 Å². The summed E-state index contributed by atoms with van der Waals surface area (Å²) in [4.78, 5) is 12.8. The summed E-state index contributed by atoms with van der Waals surface area (Å²) in [5.74, 6) is -1.71. The van der Waals surface area contributed by atoms with Gasteiger partial charge in [-0.2, -0.15) is 5.10 Å². The van der Waals surface area contributed by atoms with Crippen molar-refractivity contribution >= 4 is 63.3 Å². The van der Waals surface area contributed by atoms with Gasteiger partial charge in [0.05, 0.1) is 20.6 Å². The first-order valence-corrected chi connectivity index (χ1v) is 10.2. The average molecular weight is 465 g/mol. The number of hydrogen-bond acceptors (Lipinski definition) is 4. The first-order valence-electron chi connectivity index (χ1n) is 8.55. The van der Waals surface area contributed by atoms with E-state index in [4.69, 9.17) is 23.8 Å². The molecule has 2 aromatic carbocycles. The SMILES string of the molecule is CC(=NNC(=S)Nc1ccc(F)cc1F)c1cccc(NC(=O)c2ccc(Cl)s2)c1. The second kappa shape index (κ2) is 9.75.